The smallest absolute Gasteiger partial charge is 0.0429 e. The van der Waals surface area contributed by atoms with E-state index in [-0.39, 0.29) is 0 Å². The van der Waals surface area contributed by atoms with E-state index in [1.54, 1.807) is 0 Å². The molecule has 4 aromatic rings. The second kappa shape index (κ2) is 10.8. The molecule has 0 unspecified atom stereocenters. The van der Waals surface area contributed by atoms with Crippen molar-refractivity contribution in [1.29, 1.82) is 0 Å². The van der Waals surface area contributed by atoms with Crippen LogP contribution in [0.4, 0.5) is 11.4 Å². The van der Waals surface area contributed by atoms with Gasteiger partial charge in [0, 0.05) is 38.1 Å². The van der Waals surface area contributed by atoms with E-state index in [0.29, 0.717) is 0 Å². The van der Waals surface area contributed by atoms with Gasteiger partial charge in [0.15, 0.2) is 0 Å². The summed E-state index contributed by atoms with van der Waals surface area (Å²) in [5.74, 6) is 0. The molecule has 4 aromatic carbocycles. The van der Waals surface area contributed by atoms with Crippen molar-refractivity contribution in [2.45, 2.75) is 47.7 Å². The maximum absolute atomic E-state index is 2.45. The highest BCUT2D eigenvalue weighted by Gasteiger charge is 2.10. The fourth-order valence-corrected chi connectivity index (χ4v) is 4.95. The van der Waals surface area contributed by atoms with Crippen molar-refractivity contribution in [1.82, 2.24) is 0 Å². The van der Waals surface area contributed by atoms with Crippen molar-refractivity contribution in [3.05, 3.63) is 118 Å². The van der Waals surface area contributed by atoms with Gasteiger partial charge in [-0.25, -0.2) is 0 Å². The summed E-state index contributed by atoms with van der Waals surface area (Å²) in [6, 6.07) is 31.4. The maximum Gasteiger partial charge on any atom is 0.0429 e. The summed E-state index contributed by atoms with van der Waals surface area (Å²) in [5.41, 5.74) is 13.1. The normalized spacial score (nSPS) is 10.9. The Hall–Kier alpha value is -3.52. The second-order valence-corrected chi connectivity index (χ2v) is 9.84. The Morgan fingerprint density at radius 2 is 1.00 bits per heavy atom. The number of rotatable bonds is 8. The van der Waals surface area contributed by atoms with E-state index >= 15 is 0 Å². The van der Waals surface area contributed by atoms with Gasteiger partial charge in [0.1, 0.15) is 0 Å². The van der Waals surface area contributed by atoms with Crippen LogP contribution < -0.4 is 9.80 Å². The largest absolute Gasteiger partial charge is 0.370 e. The molecule has 0 saturated carbocycles. The first-order chi connectivity index (χ1) is 16.8. The molecule has 0 aliphatic rings. The van der Waals surface area contributed by atoms with E-state index in [0.717, 1.165) is 19.6 Å². The first-order valence-corrected chi connectivity index (χ1v) is 12.6. The Morgan fingerprint density at radius 3 is 1.46 bits per heavy atom. The van der Waals surface area contributed by atoms with E-state index < -0.39 is 0 Å². The molecule has 0 amide bonds. The van der Waals surface area contributed by atoms with Gasteiger partial charge in [-0.15, -0.1) is 0 Å². The van der Waals surface area contributed by atoms with E-state index in [2.05, 4.69) is 136 Å². The topological polar surface area (TPSA) is 6.48 Å². The van der Waals surface area contributed by atoms with Crippen molar-refractivity contribution >= 4 is 11.4 Å². The molecule has 35 heavy (non-hydrogen) atoms. The van der Waals surface area contributed by atoms with Crippen LogP contribution in [0.15, 0.2) is 84.9 Å². The molecular weight excluding hydrogens is 424 g/mol. The molecule has 0 aromatic heterocycles. The summed E-state index contributed by atoms with van der Waals surface area (Å²) in [6.07, 6.45) is 0. The first-order valence-electron chi connectivity index (χ1n) is 12.6. The average molecular weight is 463 g/mol. The Kier molecular flexibility index (Phi) is 7.60. The molecule has 2 heteroatoms. The molecule has 0 aliphatic carbocycles. The number of benzene rings is 4. The van der Waals surface area contributed by atoms with Crippen LogP contribution in [-0.2, 0) is 13.1 Å². The molecule has 0 heterocycles. The van der Waals surface area contributed by atoms with Crippen molar-refractivity contribution < 1.29 is 0 Å². The molecule has 2 nitrogen and oxygen atoms in total. The molecule has 0 atom stereocenters. The Labute approximate surface area is 211 Å². The van der Waals surface area contributed by atoms with Gasteiger partial charge in [0.25, 0.3) is 0 Å². The van der Waals surface area contributed by atoms with Gasteiger partial charge in [-0.3, -0.25) is 0 Å². The summed E-state index contributed by atoms with van der Waals surface area (Å²) in [7, 11) is 2.17. The SMILES string of the molecule is CCN(Cc1ccc(-c2ccc(CN(C)c3ccc(C)cc3C)cc2)cc1)c1ccc(C)cc1C. The van der Waals surface area contributed by atoms with Gasteiger partial charge in [-0.2, -0.15) is 0 Å². The van der Waals surface area contributed by atoms with E-state index in [4.69, 9.17) is 0 Å². The van der Waals surface area contributed by atoms with Crippen LogP contribution in [-0.4, -0.2) is 13.6 Å². The van der Waals surface area contributed by atoms with Crippen LogP contribution in [0.3, 0.4) is 0 Å². The van der Waals surface area contributed by atoms with Crippen molar-refractivity contribution in [3.8, 4) is 11.1 Å². The van der Waals surface area contributed by atoms with Gasteiger partial charge in [0.05, 0.1) is 0 Å². The third-order valence-corrected chi connectivity index (χ3v) is 6.87. The molecule has 0 saturated heterocycles. The van der Waals surface area contributed by atoms with Crippen LogP contribution in [0.1, 0.15) is 40.3 Å². The Balaban J connectivity index is 1.42. The number of anilines is 2. The number of hydrogen-bond acceptors (Lipinski definition) is 2. The minimum atomic E-state index is 0.897. The summed E-state index contributed by atoms with van der Waals surface area (Å²) < 4.78 is 0. The summed E-state index contributed by atoms with van der Waals surface area (Å²) in [6.45, 7) is 13.7. The lowest BCUT2D eigenvalue weighted by atomic mass is 10.0. The number of nitrogens with zero attached hydrogens (tertiary/aromatic N) is 2. The molecule has 0 spiro atoms. The van der Waals surface area contributed by atoms with Crippen LogP contribution in [0.2, 0.25) is 0 Å². The third-order valence-electron chi connectivity index (χ3n) is 6.87. The minimum absolute atomic E-state index is 0.897. The second-order valence-electron chi connectivity index (χ2n) is 9.84. The predicted molar refractivity (Wildman–Crippen MR) is 153 cm³/mol. The van der Waals surface area contributed by atoms with Gasteiger partial charge in [0.2, 0.25) is 0 Å². The van der Waals surface area contributed by atoms with E-state index in [1.165, 1.54) is 55.9 Å². The monoisotopic (exact) mass is 462 g/mol. The lowest BCUT2D eigenvalue weighted by molar-refractivity contribution is 0.828. The zero-order valence-corrected chi connectivity index (χ0v) is 22.1. The minimum Gasteiger partial charge on any atom is -0.370 e. The molecule has 0 bridgehead atoms. The summed E-state index contributed by atoms with van der Waals surface area (Å²) in [4.78, 5) is 4.78. The molecule has 4 rings (SSSR count). The van der Waals surface area contributed by atoms with Crippen LogP contribution in [0, 0.1) is 27.7 Å². The average Bonchev–Trinajstić information content (AvgIpc) is 2.84. The van der Waals surface area contributed by atoms with Crippen molar-refractivity contribution in [3.63, 3.8) is 0 Å². The zero-order chi connectivity index (χ0) is 24.9. The maximum atomic E-state index is 2.45. The van der Waals surface area contributed by atoms with Crippen LogP contribution >= 0.6 is 0 Å². The van der Waals surface area contributed by atoms with E-state index in [1.807, 2.05) is 0 Å². The number of hydrogen-bond donors (Lipinski definition) is 0. The molecular formula is C33H38N2. The first kappa shape index (κ1) is 24.6. The Bertz CT molecular complexity index is 1270. The lowest BCUT2D eigenvalue weighted by Crippen LogP contribution is -2.22. The van der Waals surface area contributed by atoms with Crippen LogP contribution in [0.5, 0.6) is 0 Å². The standard InChI is InChI=1S/C33H38N2/c1-7-35(33-19-9-25(3)21-27(33)5)23-29-12-16-31(17-13-29)30-14-10-28(11-15-30)22-34(6)32-18-8-24(2)20-26(32)4/h8-21H,7,22-23H2,1-6H3. The number of aryl methyl sites for hydroxylation is 4. The quantitative estimate of drug-likeness (QED) is 0.260. The zero-order valence-electron chi connectivity index (χ0n) is 22.1. The molecule has 0 N–H and O–H groups in total. The van der Waals surface area contributed by atoms with E-state index in [9.17, 15) is 0 Å². The van der Waals surface area contributed by atoms with Gasteiger partial charge in [-0.05, 0) is 80.1 Å². The molecule has 0 aliphatic heterocycles. The summed E-state index contributed by atoms with van der Waals surface area (Å²) >= 11 is 0. The van der Waals surface area contributed by atoms with Crippen LogP contribution in [0.25, 0.3) is 11.1 Å². The highest BCUT2D eigenvalue weighted by molar-refractivity contribution is 5.64. The van der Waals surface area contributed by atoms with Crippen molar-refractivity contribution in [2.24, 2.45) is 0 Å². The fourth-order valence-electron chi connectivity index (χ4n) is 4.95. The molecule has 180 valence electrons. The van der Waals surface area contributed by atoms with Crippen molar-refractivity contribution in [2.75, 3.05) is 23.4 Å². The van der Waals surface area contributed by atoms with Gasteiger partial charge < -0.3 is 9.80 Å². The summed E-state index contributed by atoms with van der Waals surface area (Å²) in [5, 5.41) is 0. The highest BCUT2D eigenvalue weighted by atomic mass is 15.1. The molecule has 0 radical (unpaired) electrons. The molecule has 0 fully saturated rings. The Morgan fingerprint density at radius 1 is 0.543 bits per heavy atom. The van der Waals surface area contributed by atoms with Gasteiger partial charge >= 0.3 is 0 Å². The van der Waals surface area contributed by atoms with Gasteiger partial charge in [-0.1, -0.05) is 83.9 Å². The third kappa shape index (κ3) is 5.95. The fraction of sp³-hybridized carbons (Fsp3) is 0.273. The predicted octanol–water partition coefficient (Wildman–Crippen LogP) is 8.25. The highest BCUT2D eigenvalue weighted by Crippen LogP contribution is 2.26. The lowest BCUT2D eigenvalue weighted by Gasteiger charge is -2.25.